The molecule has 0 aromatic heterocycles. The summed E-state index contributed by atoms with van der Waals surface area (Å²) in [5, 5.41) is 19.5. The maximum Gasteiger partial charge on any atom is 0.163 e. The number of carbonyl (C=O) groups excluding carboxylic acids is 2. The number of allylic oxidation sites excluding steroid dienone is 2. The summed E-state index contributed by atoms with van der Waals surface area (Å²) in [5.74, 6) is -0.148. The van der Waals surface area contributed by atoms with Crippen molar-refractivity contribution in [1.82, 2.24) is 0 Å². The van der Waals surface area contributed by atoms with Crippen LogP contribution in [0.25, 0.3) is 12.2 Å². The Morgan fingerprint density at radius 3 is 2.09 bits per heavy atom. The van der Waals surface area contributed by atoms with E-state index in [2.05, 4.69) is 0 Å². The molecule has 7 heteroatoms. The van der Waals surface area contributed by atoms with Gasteiger partial charge in [-0.15, -0.1) is 0 Å². The van der Waals surface area contributed by atoms with E-state index in [0.29, 0.717) is 29.8 Å². The van der Waals surface area contributed by atoms with E-state index in [1.165, 1.54) is 32.4 Å². The van der Waals surface area contributed by atoms with Crippen LogP contribution in [0.3, 0.4) is 0 Å². The lowest BCUT2D eigenvalue weighted by atomic mass is 10.0. The fraction of sp³-hybridized carbons (Fsp3) is 0.280. The lowest BCUT2D eigenvalue weighted by molar-refractivity contribution is -0.121. The van der Waals surface area contributed by atoms with E-state index < -0.39 is 0 Å². The number of hydrogen-bond donors (Lipinski definition) is 3. The number of rotatable bonds is 10. The number of benzene rings is 2. The van der Waals surface area contributed by atoms with E-state index in [1.807, 2.05) is 13.8 Å². The molecular formula is C25H31NO6. The van der Waals surface area contributed by atoms with Crippen molar-refractivity contribution in [1.29, 1.82) is 0 Å². The first-order valence-corrected chi connectivity index (χ1v) is 10.3. The Morgan fingerprint density at radius 2 is 1.50 bits per heavy atom. The first-order valence-electron chi connectivity index (χ1n) is 10.3. The van der Waals surface area contributed by atoms with Crippen molar-refractivity contribution < 1.29 is 29.3 Å². The number of nitrogens with two attached hydrogens (primary N) is 1. The van der Waals surface area contributed by atoms with Gasteiger partial charge in [0.1, 0.15) is 0 Å². The second-order valence-corrected chi connectivity index (χ2v) is 6.47. The van der Waals surface area contributed by atoms with Crippen LogP contribution in [-0.4, -0.2) is 42.5 Å². The molecule has 0 radical (unpaired) electrons. The van der Waals surface area contributed by atoms with E-state index in [1.54, 1.807) is 36.4 Å². The number of phenolic OH excluding ortho intramolecular Hbond substituents is 2. The Balaban J connectivity index is 0.00000249. The number of aromatic hydroxyl groups is 2. The summed E-state index contributed by atoms with van der Waals surface area (Å²) < 4.78 is 10.1. The average molecular weight is 442 g/mol. The highest BCUT2D eigenvalue weighted by molar-refractivity contribution is 6.10. The quantitative estimate of drug-likeness (QED) is 0.378. The Morgan fingerprint density at radius 1 is 0.906 bits per heavy atom. The van der Waals surface area contributed by atoms with Crippen LogP contribution in [-0.2, 0) is 16.0 Å². The SMILES string of the molecule is CC.COc1cc(/C=C/C(=O)CC(=O)/C=C/c2cc(OC)c(O)cc2CCN)ccc1O. The second-order valence-electron chi connectivity index (χ2n) is 6.47. The molecule has 0 spiro atoms. The standard InChI is InChI=1S/C23H25NO6.C2H6/c1-29-22-11-15(4-8-20(22)27)3-6-18(25)14-19(26)7-5-16-13-23(30-2)21(28)12-17(16)9-10-24;1-2/h3-8,11-13,27-28H,9-10,14,24H2,1-2H3;1-2H3/b6-3+,7-5+;. The van der Waals surface area contributed by atoms with Crippen LogP contribution in [0.1, 0.15) is 37.0 Å². The molecule has 0 saturated heterocycles. The molecule has 0 bridgehead atoms. The lowest BCUT2D eigenvalue weighted by Crippen LogP contribution is -2.05. The van der Waals surface area contributed by atoms with Crippen molar-refractivity contribution in [3.05, 3.63) is 59.2 Å². The van der Waals surface area contributed by atoms with Gasteiger partial charge in [0.25, 0.3) is 0 Å². The number of phenols is 2. The smallest absolute Gasteiger partial charge is 0.163 e. The van der Waals surface area contributed by atoms with Crippen molar-refractivity contribution in [2.24, 2.45) is 5.73 Å². The van der Waals surface area contributed by atoms with Gasteiger partial charge in [0.2, 0.25) is 0 Å². The average Bonchev–Trinajstić information content (AvgIpc) is 2.79. The van der Waals surface area contributed by atoms with E-state index in [9.17, 15) is 19.8 Å². The molecule has 0 saturated carbocycles. The van der Waals surface area contributed by atoms with Gasteiger partial charge in [0.15, 0.2) is 34.6 Å². The summed E-state index contributed by atoms with van der Waals surface area (Å²) >= 11 is 0. The van der Waals surface area contributed by atoms with Crippen LogP contribution in [0.4, 0.5) is 0 Å². The topological polar surface area (TPSA) is 119 Å². The summed E-state index contributed by atoms with van der Waals surface area (Å²) in [6.07, 6.45) is 5.98. The Hall–Kier alpha value is -3.58. The molecule has 0 aliphatic carbocycles. The van der Waals surface area contributed by atoms with Gasteiger partial charge >= 0.3 is 0 Å². The van der Waals surface area contributed by atoms with Gasteiger partial charge in [-0.1, -0.05) is 32.1 Å². The number of ether oxygens (including phenoxy) is 2. The first kappa shape index (κ1) is 26.5. The monoisotopic (exact) mass is 441 g/mol. The summed E-state index contributed by atoms with van der Waals surface area (Å²) in [5.41, 5.74) is 7.71. The third kappa shape index (κ3) is 7.92. The summed E-state index contributed by atoms with van der Waals surface area (Å²) in [7, 11) is 2.87. The molecular weight excluding hydrogens is 410 g/mol. The van der Waals surface area contributed by atoms with Gasteiger partial charge in [-0.2, -0.15) is 0 Å². The Labute approximate surface area is 188 Å². The maximum atomic E-state index is 12.2. The summed E-state index contributed by atoms with van der Waals surface area (Å²) in [6, 6.07) is 7.83. The predicted octanol–water partition coefficient (Wildman–Crippen LogP) is 3.90. The Bertz CT molecular complexity index is 979. The van der Waals surface area contributed by atoms with Gasteiger partial charge in [-0.25, -0.2) is 0 Å². The molecule has 0 aliphatic heterocycles. The molecule has 32 heavy (non-hydrogen) atoms. The molecule has 2 aromatic rings. The van der Waals surface area contributed by atoms with Crippen LogP contribution in [0, 0.1) is 0 Å². The van der Waals surface area contributed by atoms with Crippen molar-refractivity contribution in [3.63, 3.8) is 0 Å². The number of methoxy groups -OCH3 is 2. The lowest BCUT2D eigenvalue weighted by Gasteiger charge is -2.10. The predicted molar refractivity (Wildman–Crippen MR) is 126 cm³/mol. The fourth-order valence-corrected chi connectivity index (χ4v) is 2.78. The van der Waals surface area contributed by atoms with Gasteiger partial charge in [0.05, 0.1) is 20.6 Å². The largest absolute Gasteiger partial charge is 0.504 e. The summed E-state index contributed by atoms with van der Waals surface area (Å²) in [6.45, 7) is 4.38. The molecule has 0 fully saturated rings. The van der Waals surface area contributed by atoms with Crippen LogP contribution in [0.15, 0.2) is 42.5 Å². The van der Waals surface area contributed by atoms with E-state index >= 15 is 0 Å². The molecule has 2 aromatic carbocycles. The normalized spacial score (nSPS) is 10.7. The van der Waals surface area contributed by atoms with Crippen molar-refractivity contribution in [2.75, 3.05) is 20.8 Å². The third-order valence-electron chi connectivity index (χ3n) is 4.32. The molecule has 172 valence electrons. The highest BCUT2D eigenvalue weighted by Crippen LogP contribution is 2.30. The van der Waals surface area contributed by atoms with Gasteiger partial charge in [0, 0.05) is 0 Å². The zero-order chi connectivity index (χ0) is 24.1. The zero-order valence-electron chi connectivity index (χ0n) is 18.9. The first-order chi connectivity index (χ1) is 15.4. The number of ketones is 2. The van der Waals surface area contributed by atoms with Gasteiger partial charge in [-0.05, 0) is 66.1 Å². The van der Waals surface area contributed by atoms with E-state index in [0.717, 1.165) is 5.56 Å². The molecule has 0 aliphatic rings. The fourth-order valence-electron chi connectivity index (χ4n) is 2.78. The van der Waals surface area contributed by atoms with Crippen molar-refractivity contribution in [2.45, 2.75) is 26.7 Å². The minimum Gasteiger partial charge on any atom is -0.504 e. The second kappa shape index (κ2) is 13.7. The molecule has 0 amide bonds. The van der Waals surface area contributed by atoms with Crippen molar-refractivity contribution in [3.8, 4) is 23.0 Å². The van der Waals surface area contributed by atoms with E-state index in [4.69, 9.17) is 15.2 Å². The molecule has 0 unspecified atom stereocenters. The Kier molecular flexibility index (Phi) is 11.3. The maximum absolute atomic E-state index is 12.2. The minimum atomic E-state index is -0.362. The van der Waals surface area contributed by atoms with Crippen LogP contribution in [0.5, 0.6) is 23.0 Å². The molecule has 2 rings (SSSR count). The van der Waals surface area contributed by atoms with Crippen LogP contribution < -0.4 is 15.2 Å². The third-order valence-corrected chi connectivity index (χ3v) is 4.32. The summed E-state index contributed by atoms with van der Waals surface area (Å²) in [4.78, 5) is 24.3. The number of carbonyl (C=O) groups is 2. The van der Waals surface area contributed by atoms with Crippen molar-refractivity contribution >= 4 is 23.7 Å². The van der Waals surface area contributed by atoms with Gasteiger partial charge in [-0.3, -0.25) is 9.59 Å². The minimum absolute atomic E-state index is 0.00107. The molecule has 4 N–H and O–H groups in total. The molecule has 0 atom stereocenters. The van der Waals surface area contributed by atoms with Crippen LogP contribution >= 0.6 is 0 Å². The molecule has 7 nitrogen and oxygen atoms in total. The highest BCUT2D eigenvalue weighted by Gasteiger charge is 2.09. The van der Waals surface area contributed by atoms with Gasteiger partial charge < -0.3 is 25.4 Å². The molecule has 0 heterocycles. The zero-order valence-corrected chi connectivity index (χ0v) is 18.9. The van der Waals surface area contributed by atoms with Crippen LogP contribution in [0.2, 0.25) is 0 Å². The highest BCUT2D eigenvalue weighted by atomic mass is 16.5. The van der Waals surface area contributed by atoms with E-state index in [-0.39, 0.29) is 35.2 Å². The number of hydrogen-bond acceptors (Lipinski definition) is 7.